The van der Waals surface area contributed by atoms with Gasteiger partial charge in [0.25, 0.3) is 5.91 Å². The van der Waals surface area contributed by atoms with Crippen LogP contribution in [0.1, 0.15) is 15.2 Å². The fourth-order valence-electron chi connectivity index (χ4n) is 2.48. The fraction of sp³-hybridized carbons (Fsp3) is 0.0526. The van der Waals surface area contributed by atoms with Crippen molar-refractivity contribution in [2.24, 2.45) is 0 Å². The van der Waals surface area contributed by atoms with Gasteiger partial charge in [0.1, 0.15) is 5.82 Å². The van der Waals surface area contributed by atoms with Crippen LogP contribution < -0.4 is 5.32 Å². The van der Waals surface area contributed by atoms with Crippen molar-refractivity contribution >= 4 is 23.2 Å². The lowest BCUT2D eigenvalue weighted by molar-refractivity contribution is 0.0947. The van der Waals surface area contributed by atoms with E-state index in [0.29, 0.717) is 29.4 Å². The van der Waals surface area contributed by atoms with Crippen LogP contribution in [-0.2, 0) is 6.54 Å². The molecule has 0 fully saturated rings. The Morgan fingerprint density at radius 2 is 2.00 bits per heavy atom. The van der Waals surface area contributed by atoms with Crippen molar-refractivity contribution in [1.29, 1.82) is 0 Å². The van der Waals surface area contributed by atoms with Crippen LogP contribution in [0.3, 0.4) is 0 Å². The summed E-state index contributed by atoms with van der Waals surface area (Å²) in [6.45, 7) is 0.513. The Hall–Kier alpha value is -3.39. The maximum Gasteiger partial charge on any atom is 0.281 e. The number of nitrogens with one attached hydrogen (secondary N) is 1. The quantitative estimate of drug-likeness (QED) is 0.570. The largest absolute Gasteiger partial charge is 0.349 e. The lowest BCUT2D eigenvalue weighted by Gasteiger charge is -2.06. The maximum absolute atomic E-state index is 13.2. The summed E-state index contributed by atoms with van der Waals surface area (Å²) in [5.74, 6) is -0.104. The van der Waals surface area contributed by atoms with Crippen molar-refractivity contribution in [3.63, 3.8) is 0 Å². The molecule has 4 aromatic rings. The first kappa shape index (κ1) is 17.0. The normalized spacial score (nSPS) is 10.7. The Balaban J connectivity index is 1.69. The van der Waals surface area contributed by atoms with Crippen LogP contribution in [0.2, 0.25) is 0 Å². The third-order valence-electron chi connectivity index (χ3n) is 3.81. The third kappa shape index (κ3) is 3.75. The van der Waals surface area contributed by atoms with Crippen molar-refractivity contribution in [2.45, 2.75) is 6.54 Å². The minimum absolute atomic E-state index is 0.316. The monoisotopic (exact) mass is 379 g/mol. The number of hydrogen-bond acceptors (Lipinski definition) is 6. The molecule has 1 aromatic carbocycles. The van der Waals surface area contributed by atoms with Gasteiger partial charge in [-0.2, -0.15) is 9.67 Å². The molecule has 3 aromatic heterocycles. The van der Waals surface area contributed by atoms with Gasteiger partial charge in [-0.25, -0.2) is 4.39 Å². The molecule has 4 rings (SSSR count). The minimum atomic E-state index is -0.405. The van der Waals surface area contributed by atoms with E-state index in [1.807, 2.05) is 23.6 Å². The molecular weight excluding hydrogens is 365 g/mol. The van der Waals surface area contributed by atoms with Crippen LogP contribution in [0, 0.1) is 5.82 Å². The zero-order valence-electron chi connectivity index (χ0n) is 14.0. The van der Waals surface area contributed by atoms with Gasteiger partial charge in [-0.1, -0.05) is 6.07 Å². The molecule has 1 N–H and O–H groups in total. The first-order valence-corrected chi connectivity index (χ1v) is 9.02. The van der Waals surface area contributed by atoms with E-state index in [4.69, 9.17) is 0 Å². The van der Waals surface area contributed by atoms with E-state index in [1.54, 1.807) is 29.8 Å². The number of carbonyl (C=O) groups is 1. The molecule has 0 spiro atoms. The summed E-state index contributed by atoms with van der Waals surface area (Å²) in [4.78, 5) is 22.5. The molecule has 0 radical (unpaired) electrons. The number of halogens is 1. The molecule has 134 valence electrons. The van der Waals surface area contributed by atoms with E-state index in [9.17, 15) is 9.18 Å². The van der Waals surface area contributed by atoms with Crippen LogP contribution in [0.15, 0.2) is 66.3 Å². The zero-order chi connectivity index (χ0) is 18.6. The fourth-order valence-corrected chi connectivity index (χ4v) is 3.12. The molecule has 0 saturated carbocycles. The average molecular weight is 379 g/mol. The molecule has 6 nitrogen and oxygen atoms in total. The van der Waals surface area contributed by atoms with Gasteiger partial charge in [-0.05, 0) is 47.8 Å². The highest BCUT2D eigenvalue weighted by Crippen LogP contribution is 2.19. The van der Waals surface area contributed by atoms with Crippen molar-refractivity contribution in [2.75, 3.05) is 5.32 Å². The van der Waals surface area contributed by atoms with Crippen molar-refractivity contribution in [3.05, 3.63) is 82.6 Å². The van der Waals surface area contributed by atoms with Gasteiger partial charge in [-0.15, -0.1) is 16.4 Å². The molecule has 0 aliphatic heterocycles. The molecule has 0 bridgehead atoms. The van der Waals surface area contributed by atoms with Crippen molar-refractivity contribution in [3.8, 4) is 11.4 Å². The number of hydrogen-bond donors (Lipinski definition) is 1. The SMILES string of the molecule is O=C(c1ccc(F)cc1)n1nc(-c2cccnc2)nc1NCc1cccs1. The molecule has 0 aliphatic rings. The van der Waals surface area contributed by atoms with Gasteiger partial charge in [0.2, 0.25) is 5.95 Å². The number of nitrogens with zero attached hydrogens (tertiary/aromatic N) is 4. The molecular formula is C19H14FN5OS. The number of anilines is 1. The van der Waals surface area contributed by atoms with Gasteiger partial charge < -0.3 is 5.32 Å². The first-order valence-electron chi connectivity index (χ1n) is 8.15. The average Bonchev–Trinajstić information content (AvgIpc) is 3.37. The molecule has 8 heteroatoms. The van der Waals surface area contributed by atoms with Crippen LogP contribution in [0.25, 0.3) is 11.4 Å². The van der Waals surface area contributed by atoms with Crippen LogP contribution in [0.5, 0.6) is 0 Å². The maximum atomic E-state index is 13.2. The number of pyridine rings is 1. The summed E-state index contributed by atoms with van der Waals surface area (Å²) < 4.78 is 14.4. The van der Waals surface area contributed by atoms with E-state index in [-0.39, 0.29) is 0 Å². The third-order valence-corrected chi connectivity index (χ3v) is 4.69. The van der Waals surface area contributed by atoms with Crippen LogP contribution in [0.4, 0.5) is 10.3 Å². The Morgan fingerprint density at radius 3 is 2.70 bits per heavy atom. The molecule has 0 amide bonds. The second kappa shape index (κ2) is 7.46. The predicted octanol–water partition coefficient (Wildman–Crippen LogP) is 3.84. The summed E-state index contributed by atoms with van der Waals surface area (Å²) in [6.07, 6.45) is 3.28. The van der Waals surface area contributed by atoms with E-state index in [2.05, 4.69) is 20.4 Å². The summed E-state index contributed by atoms with van der Waals surface area (Å²) >= 11 is 1.60. The Labute approximate surface area is 158 Å². The zero-order valence-corrected chi connectivity index (χ0v) is 14.9. The summed E-state index contributed by atoms with van der Waals surface area (Å²) in [6, 6.07) is 12.9. The Bertz CT molecular complexity index is 1050. The topological polar surface area (TPSA) is 72.7 Å². The van der Waals surface area contributed by atoms with E-state index in [0.717, 1.165) is 4.88 Å². The molecule has 0 unspecified atom stereocenters. The van der Waals surface area contributed by atoms with E-state index in [1.165, 1.54) is 28.9 Å². The lowest BCUT2D eigenvalue weighted by atomic mass is 10.2. The summed E-state index contributed by atoms with van der Waals surface area (Å²) in [5.41, 5.74) is 1.01. The highest BCUT2D eigenvalue weighted by Gasteiger charge is 2.19. The highest BCUT2D eigenvalue weighted by molar-refractivity contribution is 7.09. The highest BCUT2D eigenvalue weighted by atomic mass is 32.1. The van der Waals surface area contributed by atoms with Gasteiger partial charge in [0, 0.05) is 28.4 Å². The van der Waals surface area contributed by atoms with Crippen molar-refractivity contribution < 1.29 is 9.18 Å². The number of aromatic nitrogens is 4. The molecule has 0 aliphatic carbocycles. The van der Waals surface area contributed by atoms with Crippen LogP contribution in [-0.4, -0.2) is 25.7 Å². The molecule has 3 heterocycles. The second-order valence-corrected chi connectivity index (χ2v) is 6.69. The van der Waals surface area contributed by atoms with Gasteiger partial charge >= 0.3 is 0 Å². The standard InChI is InChI=1S/C19H14FN5OS/c20-15-7-5-13(6-8-15)18(26)25-19(22-12-16-4-2-10-27-16)23-17(24-25)14-3-1-9-21-11-14/h1-11H,12H2,(H,22,23,24). The number of thiophene rings is 1. The first-order chi connectivity index (χ1) is 13.2. The van der Waals surface area contributed by atoms with Crippen molar-refractivity contribution in [1.82, 2.24) is 19.7 Å². The summed E-state index contributed by atoms with van der Waals surface area (Å²) in [5, 5.41) is 9.47. The van der Waals surface area contributed by atoms with E-state index >= 15 is 0 Å². The summed E-state index contributed by atoms with van der Waals surface area (Å²) in [7, 11) is 0. The minimum Gasteiger partial charge on any atom is -0.349 e. The van der Waals surface area contributed by atoms with Crippen LogP contribution >= 0.6 is 11.3 Å². The number of benzene rings is 1. The Morgan fingerprint density at radius 1 is 1.15 bits per heavy atom. The number of rotatable bonds is 5. The second-order valence-electron chi connectivity index (χ2n) is 5.66. The van der Waals surface area contributed by atoms with Gasteiger partial charge in [0.15, 0.2) is 5.82 Å². The Kier molecular flexibility index (Phi) is 4.71. The molecule has 0 atom stereocenters. The molecule has 27 heavy (non-hydrogen) atoms. The smallest absolute Gasteiger partial charge is 0.281 e. The van der Waals surface area contributed by atoms with Gasteiger partial charge in [-0.3, -0.25) is 9.78 Å². The van der Waals surface area contributed by atoms with Gasteiger partial charge in [0.05, 0.1) is 6.54 Å². The lowest BCUT2D eigenvalue weighted by Crippen LogP contribution is -2.17. The number of carbonyl (C=O) groups excluding carboxylic acids is 1. The molecule has 0 saturated heterocycles. The predicted molar refractivity (Wildman–Crippen MR) is 101 cm³/mol. The van der Waals surface area contributed by atoms with E-state index < -0.39 is 11.7 Å².